The Balaban J connectivity index is 2.47. The lowest BCUT2D eigenvalue weighted by Gasteiger charge is -2.24. The lowest BCUT2D eigenvalue weighted by atomic mass is 10.00. The highest BCUT2D eigenvalue weighted by Gasteiger charge is 2.21. The molecule has 0 bridgehead atoms. The van der Waals surface area contributed by atoms with Crippen LogP contribution in [0, 0.1) is 10.1 Å². The standard InChI is InChI=1S/C17H19N3O4/c1-19(11-14(21)10-18)16-8-7-13(20(23)24)9-15(16)17(22)12-5-3-2-4-6-12/h2-9,14,21H,10-11,18H2,1H3. The average Bonchev–Trinajstić information content (AvgIpc) is 2.61. The molecule has 0 fully saturated rings. The summed E-state index contributed by atoms with van der Waals surface area (Å²) in [7, 11) is 1.70. The molecular weight excluding hydrogens is 310 g/mol. The summed E-state index contributed by atoms with van der Waals surface area (Å²) in [6.45, 7) is 0.294. The number of ketones is 1. The van der Waals surface area contributed by atoms with Gasteiger partial charge < -0.3 is 15.7 Å². The number of non-ortho nitro benzene ring substituents is 1. The van der Waals surface area contributed by atoms with E-state index in [1.807, 2.05) is 0 Å². The Morgan fingerprint density at radius 1 is 1.29 bits per heavy atom. The van der Waals surface area contributed by atoms with Crippen molar-refractivity contribution in [1.82, 2.24) is 0 Å². The summed E-state index contributed by atoms with van der Waals surface area (Å²) in [5.41, 5.74) is 6.41. The van der Waals surface area contributed by atoms with Gasteiger partial charge in [-0.3, -0.25) is 14.9 Å². The summed E-state index contributed by atoms with van der Waals surface area (Å²) >= 11 is 0. The lowest BCUT2D eigenvalue weighted by Crippen LogP contribution is -2.34. The fourth-order valence-electron chi connectivity index (χ4n) is 2.39. The van der Waals surface area contributed by atoms with Gasteiger partial charge in [-0.15, -0.1) is 0 Å². The second-order valence-electron chi connectivity index (χ2n) is 5.42. The largest absolute Gasteiger partial charge is 0.390 e. The minimum atomic E-state index is -0.759. The predicted octanol–water partition coefficient (Wildman–Crippen LogP) is 1.58. The molecule has 3 N–H and O–H groups in total. The topological polar surface area (TPSA) is 110 Å². The molecule has 0 heterocycles. The van der Waals surface area contributed by atoms with E-state index in [1.165, 1.54) is 18.2 Å². The van der Waals surface area contributed by atoms with Crippen LogP contribution in [-0.4, -0.2) is 42.1 Å². The number of aliphatic hydroxyl groups excluding tert-OH is 1. The van der Waals surface area contributed by atoms with E-state index in [9.17, 15) is 20.0 Å². The van der Waals surface area contributed by atoms with Crippen LogP contribution in [0.25, 0.3) is 0 Å². The van der Waals surface area contributed by atoms with E-state index in [2.05, 4.69) is 0 Å². The van der Waals surface area contributed by atoms with E-state index in [0.717, 1.165) is 0 Å². The van der Waals surface area contributed by atoms with E-state index in [-0.39, 0.29) is 30.1 Å². The third kappa shape index (κ3) is 3.95. The molecule has 0 aliphatic rings. The highest BCUT2D eigenvalue weighted by atomic mass is 16.6. The zero-order valence-corrected chi connectivity index (χ0v) is 13.3. The van der Waals surface area contributed by atoms with Gasteiger partial charge in [0, 0.05) is 43.5 Å². The third-order valence-electron chi connectivity index (χ3n) is 3.64. The van der Waals surface area contributed by atoms with E-state index >= 15 is 0 Å². The number of hydrogen-bond acceptors (Lipinski definition) is 6. The predicted molar refractivity (Wildman–Crippen MR) is 91.3 cm³/mol. The van der Waals surface area contributed by atoms with Crippen LogP contribution in [0.4, 0.5) is 11.4 Å². The molecular formula is C17H19N3O4. The fourth-order valence-corrected chi connectivity index (χ4v) is 2.39. The molecule has 7 heteroatoms. The molecule has 24 heavy (non-hydrogen) atoms. The Morgan fingerprint density at radius 2 is 1.96 bits per heavy atom. The number of nitrogens with zero attached hydrogens (tertiary/aromatic N) is 2. The zero-order chi connectivity index (χ0) is 17.7. The van der Waals surface area contributed by atoms with Crippen molar-refractivity contribution < 1.29 is 14.8 Å². The summed E-state index contributed by atoms with van der Waals surface area (Å²) < 4.78 is 0. The molecule has 126 valence electrons. The Morgan fingerprint density at radius 3 is 2.54 bits per heavy atom. The van der Waals surface area contributed by atoms with Crippen LogP contribution in [0.3, 0.4) is 0 Å². The molecule has 7 nitrogen and oxygen atoms in total. The number of carbonyl (C=O) groups excluding carboxylic acids is 1. The molecule has 2 aromatic carbocycles. The summed E-state index contributed by atoms with van der Waals surface area (Å²) in [5, 5.41) is 20.8. The van der Waals surface area contributed by atoms with Crippen molar-refractivity contribution in [2.75, 3.05) is 25.0 Å². The van der Waals surface area contributed by atoms with Crippen molar-refractivity contribution >= 4 is 17.2 Å². The molecule has 2 aromatic rings. The van der Waals surface area contributed by atoms with Gasteiger partial charge in [-0.25, -0.2) is 0 Å². The van der Waals surface area contributed by atoms with Gasteiger partial charge in [0.1, 0.15) is 0 Å². The molecule has 2 rings (SSSR count). The van der Waals surface area contributed by atoms with Crippen molar-refractivity contribution in [3.05, 3.63) is 69.8 Å². The molecule has 0 radical (unpaired) electrons. The second kappa shape index (κ2) is 7.67. The van der Waals surface area contributed by atoms with Crippen molar-refractivity contribution in [1.29, 1.82) is 0 Å². The fraction of sp³-hybridized carbons (Fsp3) is 0.235. The van der Waals surface area contributed by atoms with Gasteiger partial charge in [0.25, 0.3) is 5.69 Å². The van der Waals surface area contributed by atoms with Crippen molar-refractivity contribution in [3.8, 4) is 0 Å². The molecule has 1 unspecified atom stereocenters. The Labute approximate surface area is 139 Å². The van der Waals surface area contributed by atoms with Gasteiger partial charge >= 0.3 is 0 Å². The SMILES string of the molecule is CN(CC(O)CN)c1ccc([N+](=O)[O-])cc1C(=O)c1ccccc1. The van der Waals surface area contributed by atoms with E-state index in [1.54, 1.807) is 42.3 Å². The van der Waals surface area contributed by atoms with Gasteiger partial charge in [0.05, 0.1) is 16.6 Å². The number of rotatable bonds is 7. The summed E-state index contributed by atoms with van der Waals surface area (Å²) in [6, 6.07) is 12.7. The van der Waals surface area contributed by atoms with Gasteiger partial charge in [-0.1, -0.05) is 30.3 Å². The maximum Gasteiger partial charge on any atom is 0.270 e. The third-order valence-corrected chi connectivity index (χ3v) is 3.64. The smallest absolute Gasteiger partial charge is 0.270 e. The molecule has 0 saturated carbocycles. The summed E-state index contributed by atoms with van der Waals surface area (Å²) in [5.74, 6) is -0.316. The number of likely N-dealkylation sites (N-methyl/N-ethyl adjacent to an activating group) is 1. The van der Waals surface area contributed by atoms with Crippen molar-refractivity contribution in [2.24, 2.45) is 5.73 Å². The molecule has 0 aromatic heterocycles. The average molecular weight is 329 g/mol. The van der Waals surface area contributed by atoms with Crippen LogP contribution in [-0.2, 0) is 0 Å². The number of nitrogens with two attached hydrogens (primary N) is 1. The second-order valence-corrected chi connectivity index (χ2v) is 5.42. The highest BCUT2D eigenvalue weighted by molar-refractivity contribution is 6.12. The summed E-state index contributed by atoms with van der Waals surface area (Å²) in [6.07, 6.45) is -0.759. The Kier molecular flexibility index (Phi) is 5.62. The zero-order valence-electron chi connectivity index (χ0n) is 13.3. The number of hydrogen-bond donors (Lipinski definition) is 2. The molecule has 1 atom stereocenters. The van der Waals surface area contributed by atoms with Crippen LogP contribution >= 0.6 is 0 Å². The lowest BCUT2D eigenvalue weighted by molar-refractivity contribution is -0.384. The molecule has 0 aliphatic carbocycles. The first-order valence-electron chi connectivity index (χ1n) is 7.41. The van der Waals surface area contributed by atoms with Crippen LogP contribution in [0.5, 0.6) is 0 Å². The first-order valence-corrected chi connectivity index (χ1v) is 7.41. The molecule has 0 amide bonds. The van der Waals surface area contributed by atoms with Gasteiger partial charge in [0.15, 0.2) is 5.78 Å². The molecule has 0 saturated heterocycles. The Hall–Kier alpha value is -2.77. The quantitative estimate of drug-likeness (QED) is 0.453. The number of benzene rings is 2. The minimum Gasteiger partial charge on any atom is -0.390 e. The first kappa shape index (κ1) is 17.6. The van der Waals surface area contributed by atoms with Gasteiger partial charge in [-0.05, 0) is 6.07 Å². The minimum absolute atomic E-state index is 0.0826. The van der Waals surface area contributed by atoms with Gasteiger partial charge in [-0.2, -0.15) is 0 Å². The van der Waals surface area contributed by atoms with Crippen molar-refractivity contribution in [2.45, 2.75) is 6.10 Å². The maximum atomic E-state index is 12.8. The number of nitro groups is 1. The number of carbonyl (C=O) groups is 1. The highest BCUT2D eigenvalue weighted by Crippen LogP contribution is 2.27. The number of anilines is 1. The van der Waals surface area contributed by atoms with Crippen molar-refractivity contribution in [3.63, 3.8) is 0 Å². The normalized spacial score (nSPS) is 11.8. The monoisotopic (exact) mass is 329 g/mol. The van der Waals surface area contributed by atoms with E-state index in [0.29, 0.717) is 11.3 Å². The molecule has 0 aliphatic heterocycles. The van der Waals surface area contributed by atoms with Crippen LogP contribution < -0.4 is 10.6 Å². The first-order chi connectivity index (χ1) is 11.4. The van der Waals surface area contributed by atoms with Crippen LogP contribution in [0.1, 0.15) is 15.9 Å². The van der Waals surface area contributed by atoms with E-state index < -0.39 is 11.0 Å². The summed E-state index contributed by atoms with van der Waals surface area (Å²) in [4.78, 5) is 24.9. The van der Waals surface area contributed by atoms with E-state index in [4.69, 9.17) is 5.73 Å². The van der Waals surface area contributed by atoms with Crippen LogP contribution in [0.15, 0.2) is 48.5 Å². The van der Waals surface area contributed by atoms with Crippen LogP contribution in [0.2, 0.25) is 0 Å². The Bertz CT molecular complexity index is 734. The number of aliphatic hydroxyl groups is 1. The van der Waals surface area contributed by atoms with Gasteiger partial charge in [0.2, 0.25) is 0 Å². The number of nitro benzene ring substituents is 1. The maximum absolute atomic E-state index is 12.8. The molecule has 0 spiro atoms.